The number of nitrogens with one attached hydrogen (secondary N) is 2. The van der Waals surface area contributed by atoms with Crippen LogP contribution in [0.1, 0.15) is 11.1 Å². The van der Waals surface area contributed by atoms with Gasteiger partial charge in [-0.15, -0.1) is 0 Å². The fourth-order valence-electron chi connectivity index (χ4n) is 2.44. The second-order valence-electron chi connectivity index (χ2n) is 4.93. The maximum atomic E-state index is 3.30. The Bertz CT molecular complexity index is 705. The van der Waals surface area contributed by atoms with Gasteiger partial charge >= 0.3 is 0 Å². The maximum absolute atomic E-state index is 3.30. The Labute approximate surface area is 119 Å². The first kappa shape index (κ1) is 12.7. The first-order chi connectivity index (χ1) is 9.84. The lowest BCUT2D eigenvalue weighted by atomic mass is 10.00. The van der Waals surface area contributed by atoms with Crippen LogP contribution in [0.25, 0.3) is 10.8 Å². The zero-order chi connectivity index (χ0) is 13.8. The second-order valence-corrected chi connectivity index (χ2v) is 4.93. The Morgan fingerprint density at radius 2 is 1.55 bits per heavy atom. The normalized spacial score (nSPS) is 10.7. The fourth-order valence-corrected chi connectivity index (χ4v) is 2.44. The van der Waals surface area contributed by atoms with Crippen molar-refractivity contribution in [2.75, 3.05) is 5.43 Å². The van der Waals surface area contributed by atoms with Gasteiger partial charge in [0.2, 0.25) is 0 Å². The minimum absolute atomic E-state index is 0.794. The van der Waals surface area contributed by atoms with E-state index in [1.807, 2.05) is 30.3 Å². The molecule has 0 aliphatic heterocycles. The van der Waals surface area contributed by atoms with Crippen molar-refractivity contribution in [3.63, 3.8) is 0 Å². The Morgan fingerprint density at radius 3 is 2.40 bits per heavy atom. The van der Waals surface area contributed by atoms with Gasteiger partial charge in [0.1, 0.15) is 0 Å². The smallest absolute Gasteiger partial charge is 0.0487 e. The van der Waals surface area contributed by atoms with Gasteiger partial charge in [0, 0.05) is 12.2 Å². The first-order valence-electron chi connectivity index (χ1n) is 6.86. The monoisotopic (exact) mass is 262 g/mol. The molecule has 0 saturated carbocycles. The number of anilines is 1. The fraction of sp³-hybridized carbons (Fsp3) is 0.111. The van der Waals surface area contributed by atoms with E-state index in [9.17, 15) is 0 Å². The van der Waals surface area contributed by atoms with Gasteiger partial charge in [-0.05, 0) is 41.0 Å². The maximum Gasteiger partial charge on any atom is 0.0487 e. The molecule has 0 saturated heterocycles. The van der Waals surface area contributed by atoms with Crippen molar-refractivity contribution in [3.05, 3.63) is 77.9 Å². The Hall–Kier alpha value is -2.32. The summed E-state index contributed by atoms with van der Waals surface area (Å²) in [5.74, 6) is 0. The highest BCUT2D eigenvalue weighted by Gasteiger charge is 2.03. The third-order valence-corrected chi connectivity index (χ3v) is 3.55. The Kier molecular flexibility index (Phi) is 3.66. The molecule has 100 valence electrons. The average Bonchev–Trinajstić information content (AvgIpc) is 2.50. The van der Waals surface area contributed by atoms with E-state index in [1.54, 1.807) is 0 Å². The largest absolute Gasteiger partial charge is 0.321 e. The van der Waals surface area contributed by atoms with E-state index < -0.39 is 0 Å². The topological polar surface area (TPSA) is 24.1 Å². The van der Waals surface area contributed by atoms with E-state index in [2.05, 4.69) is 54.2 Å². The number of hydrazine groups is 1. The average molecular weight is 262 g/mol. The lowest BCUT2D eigenvalue weighted by Crippen LogP contribution is -2.21. The highest BCUT2D eigenvalue weighted by atomic mass is 15.3. The Balaban J connectivity index is 1.79. The lowest BCUT2D eigenvalue weighted by molar-refractivity contribution is 0.802. The van der Waals surface area contributed by atoms with Crippen LogP contribution < -0.4 is 10.9 Å². The van der Waals surface area contributed by atoms with Crippen molar-refractivity contribution in [2.24, 2.45) is 0 Å². The van der Waals surface area contributed by atoms with E-state index in [4.69, 9.17) is 0 Å². The molecule has 0 heterocycles. The molecular weight excluding hydrogens is 244 g/mol. The van der Waals surface area contributed by atoms with Gasteiger partial charge in [-0.25, -0.2) is 5.43 Å². The molecule has 0 spiro atoms. The summed E-state index contributed by atoms with van der Waals surface area (Å²) in [5, 5.41) is 2.60. The van der Waals surface area contributed by atoms with Crippen molar-refractivity contribution < 1.29 is 0 Å². The molecule has 20 heavy (non-hydrogen) atoms. The Morgan fingerprint density at radius 1 is 0.800 bits per heavy atom. The number of benzene rings is 3. The number of rotatable bonds is 4. The number of para-hydroxylation sites is 1. The van der Waals surface area contributed by atoms with Crippen molar-refractivity contribution in [2.45, 2.75) is 13.5 Å². The highest BCUT2D eigenvalue weighted by molar-refractivity contribution is 5.86. The van der Waals surface area contributed by atoms with Gasteiger partial charge in [-0.2, -0.15) is 0 Å². The van der Waals surface area contributed by atoms with Crippen molar-refractivity contribution in [3.8, 4) is 0 Å². The van der Waals surface area contributed by atoms with E-state index in [-0.39, 0.29) is 0 Å². The molecule has 0 aromatic heterocycles. The molecule has 0 bridgehead atoms. The number of hydrogen-bond donors (Lipinski definition) is 2. The van der Waals surface area contributed by atoms with Crippen LogP contribution in [0.5, 0.6) is 0 Å². The van der Waals surface area contributed by atoms with Crippen LogP contribution in [0.3, 0.4) is 0 Å². The summed E-state index contributed by atoms with van der Waals surface area (Å²) in [6.45, 7) is 2.95. The van der Waals surface area contributed by atoms with Crippen LogP contribution in [0.15, 0.2) is 66.7 Å². The van der Waals surface area contributed by atoms with Crippen LogP contribution in [0.4, 0.5) is 5.69 Å². The number of hydrogen-bond acceptors (Lipinski definition) is 2. The molecule has 0 amide bonds. The lowest BCUT2D eigenvalue weighted by Gasteiger charge is -2.13. The van der Waals surface area contributed by atoms with Crippen LogP contribution >= 0.6 is 0 Å². The van der Waals surface area contributed by atoms with E-state index in [0.717, 1.165) is 12.2 Å². The van der Waals surface area contributed by atoms with E-state index in [1.165, 1.54) is 21.9 Å². The molecule has 2 heteroatoms. The SMILES string of the molecule is Cc1ccc2ccccc2c1CNNc1ccccc1. The third kappa shape index (κ3) is 2.65. The van der Waals surface area contributed by atoms with Gasteiger partial charge < -0.3 is 5.43 Å². The summed E-state index contributed by atoms with van der Waals surface area (Å²) in [5.41, 5.74) is 10.3. The van der Waals surface area contributed by atoms with Crippen LogP contribution in [0, 0.1) is 6.92 Å². The summed E-state index contributed by atoms with van der Waals surface area (Å²) in [7, 11) is 0. The number of aryl methyl sites for hydroxylation is 1. The van der Waals surface area contributed by atoms with Crippen LogP contribution in [-0.2, 0) is 6.54 Å². The summed E-state index contributed by atoms with van der Waals surface area (Å²) in [4.78, 5) is 0. The molecule has 0 aliphatic carbocycles. The minimum atomic E-state index is 0.794. The zero-order valence-electron chi connectivity index (χ0n) is 11.6. The number of fused-ring (bicyclic) bond motifs is 1. The van der Waals surface area contributed by atoms with Gasteiger partial charge in [0.05, 0.1) is 0 Å². The summed E-state index contributed by atoms with van der Waals surface area (Å²) in [6.07, 6.45) is 0. The molecule has 3 aromatic carbocycles. The van der Waals surface area contributed by atoms with Crippen molar-refractivity contribution >= 4 is 16.5 Å². The molecule has 0 radical (unpaired) electrons. The van der Waals surface area contributed by atoms with Crippen LogP contribution in [0.2, 0.25) is 0 Å². The molecule has 2 nitrogen and oxygen atoms in total. The molecule has 3 rings (SSSR count). The molecule has 0 fully saturated rings. The van der Waals surface area contributed by atoms with Gasteiger partial charge in [-0.1, -0.05) is 54.6 Å². The zero-order valence-corrected chi connectivity index (χ0v) is 11.6. The highest BCUT2D eigenvalue weighted by Crippen LogP contribution is 2.21. The standard InChI is InChI=1S/C18H18N2/c1-14-11-12-15-7-5-6-10-17(15)18(14)13-19-20-16-8-3-2-4-9-16/h2-12,19-20H,13H2,1H3. The molecule has 0 aliphatic rings. The van der Waals surface area contributed by atoms with Crippen LogP contribution in [-0.4, -0.2) is 0 Å². The second kappa shape index (κ2) is 5.76. The van der Waals surface area contributed by atoms with E-state index >= 15 is 0 Å². The van der Waals surface area contributed by atoms with Gasteiger partial charge in [0.15, 0.2) is 0 Å². The molecule has 0 unspecified atom stereocenters. The predicted octanol–water partition coefficient (Wildman–Crippen LogP) is 4.26. The quantitative estimate of drug-likeness (QED) is 0.686. The predicted molar refractivity (Wildman–Crippen MR) is 85.6 cm³/mol. The van der Waals surface area contributed by atoms with Crippen molar-refractivity contribution in [1.82, 2.24) is 5.43 Å². The van der Waals surface area contributed by atoms with Crippen molar-refractivity contribution in [1.29, 1.82) is 0 Å². The van der Waals surface area contributed by atoms with Gasteiger partial charge in [0.25, 0.3) is 0 Å². The first-order valence-corrected chi connectivity index (χ1v) is 6.86. The third-order valence-electron chi connectivity index (χ3n) is 3.55. The summed E-state index contributed by atoms with van der Waals surface area (Å²) >= 11 is 0. The van der Waals surface area contributed by atoms with Gasteiger partial charge in [-0.3, -0.25) is 0 Å². The molecule has 2 N–H and O–H groups in total. The molecule has 3 aromatic rings. The van der Waals surface area contributed by atoms with E-state index in [0.29, 0.717) is 0 Å². The summed E-state index contributed by atoms with van der Waals surface area (Å²) in [6, 6.07) is 23.0. The minimum Gasteiger partial charge on any atom is -0.321 e. The molecule has 0 atom stereocenters. The summed E-state index contributed by atoms with van der Waals surface area (Å²) < 4.78 is 0. The molecular formula is C18H18N2.